The smallest absolute Gasteiger partial charge is 0.173 e. The highest BCUT2D eigenvalue weighted by atomic mass is 32.1. The van der Waals surface area contributed by atoms with Gasteiger partial charge in [0.25, 0.3) is 0 Å². The van der Waals surface area contributed by atoms with Crippen LogP contribution in [0.25, 0.3) is 10.1 Å². The fraction of sp³-hybridized carbons (Fsp3) is 0.591. The molecule has 0 unspecified atom stereocenters. The Morgan fingerprint density at radius 3 is 2.73 bits per heavy atom. The van der Waals surface area contributed by atoms with Gasteiger partial charge < -0.3 is 4.74 Å². The van der Waals surface area contributed by atoms with Crippen molar-refractivity contribution in [3.8, 4) is 5.75 Å². The summed E-state index contributed by atoms with van der Waals surface area (Å²) < 4.78 is 6.95. The molecule has 3 aliphatic heterocycles. The second-order valence-corrected chi connectivity index (χ2v) is 9.72. The number of hydrogen-bond acceptors (Lipinski definition) is 4. The highest BCUT2D eigenvalue weighted by molar-refractivity contribution is 7.20. The largest absolute Gasteiger partial charge is 0.491 e. The van der Waals surface area contributed by atoms with Crippen molar-refractivity contribution >= 4 is 27.2 Å². The number of piperidine rings is 3. The average Bonchev–Trinajstić information content (AvgIpc) is 3.28. The van der Waals surface area contributed by atoms with Gasteiger partial charge in [0.15, 0.2) is 5.78 Å². The van der Waals surface area contributed by atoms with E-state index in [0.717, 1.165) is 33.1 Å². The summed E-state index contributed by atoms with van der Waals surface area (Å²) in [6.45, 7) is 6.60. The standard InChI is InChI=1S/C22H27NO2S/c1-14(2)25-17-4-3-16-11-21(26-20(16)12-17)19(24)13-18-15-5-9-23(10-6-15)22(18)7-8-22/h3-4,11-12,14-15,18H,5-10,13H2,1-2H3/t18-/m1/s1. The van der Waals surface area contributed by atoms with Gasteiger partial charge in [-0.05, 0) is 94.1 Å². The molecule has 1 aliphatic carbocycles. The van der Waals surface area contributed by atoms with Crippen molar-refractivity contribution in [2.75, 3.05) is 13.1 Å². The van der Waals surface area contributed by atoms with Gasteiger partial charge in [-0.15, -0.1) is 11.3 Å². The van der Waals surface area contributed by atoms with E-state index in [1.165, 1.54) is 38.8 Å². The van der Waals surface area contributed by atoms with Crippen molar-refractivity contribution in [1.29, 1.82) is 0 Å². The van der Waals surface area contributed by atoms with Gasteiger partial charge >= 0.3 is 0 Å². The lowest BCUT2D eigenvalue weighted by Gasteiger charge is -2.52. The monoisotopic (exact) mass is 369 g/mol. The molecule has 2 aromatic rings. The van der Waals surface area contributed by atoms with Crippen LogP contribution in [0.15, 0.2) is 24.3 Å². The topological polar surface area (TPSA) is 29.5 Å². The minimum Gasteiger partial charge on any atom is -0.491 e. The van der Waals surface area contributed by atoms with E-state index in [1.807, 2.05) is 19.9 Å². The number of carbonyl (C=O) groups is 1. The number of thiophene rings is 1. The molecule has 4 aliphatic rings. The fourth-order valence-corrected chi connectivity index (χ4v) is 6.43. The lowest BCUT2D eigenvalue weighted by Crippen LogP contribution is -2.57. The number of benzene rings is 1. The first-order valence-electron chi connectivity index (χ1n) is 10.0. The highest BCUT2D eigenvalue weighted by Gasteiger charge is 2.60. The molecule has 1 aromatic carbocycles. The Morgan fingerprint density at radius 1 is 1.27 bits per heavy atom. The Morgan fingerprint density at radius 2 is 2.04 bits per heavy atom. The summed E-state index contributed by atoms with van der Waals surface area (Å²) in [6, 6.07) is 8.25. The van der Waals surface area contributed by atoms with E-state index in [0.29, 0.717) is 17.2 Å². The van der Waals surface area contributed by atoms with E-state index in [4.69, 9.17) is 4.74 Å². The van der Waals surface area contributed by atoms with Gasteiger partial charge in [-0.2, -0.15) is 0 Å². The molecule has 0 radical (unpaired) electrons. The number of ether oxygens (including phenoxy) is 1. The molecular weight excluding hydrogens is 342 g/mol. The summed E-state index contributed by atoms with van der Waals surface area (Å²) in [7, 11) is 0. The number of Topliss-reactive ketones (excluding diaryl/α,β-unsaturated/α-hetero) is 1. The minimum absolute atomic E-state index is 0.167. The lowest BCUT2D eigenvalue weighted by atomic mass is 9.70. The molecule has 1 atom stereocenters. The van der Waals surface area contributed by atoms with Crippen LogP contribution in [0.5, 0.6) is 5.75 Å². The Balaban J connectivity index is 1.37. The van der Waals surface area contributed by atoms with Crippen LogP contribution in [0, 0.1) is 11.8 Å². The van der Waals surface area contributed by atoms with E-state index in [-0.39, 0.29) is 6.10 Å². The molecule has 4 heteroatoms. The van der Waals surface area contributed by atoms with Crippen LogP contribution in [-0.2, 0) is 0 Å². The molecule has 138 valence electrons. The third kappa shape index (κ3) is 2.69. The van der Waals surface area contributed by atoms with Gasteiger partial charge in [-0.1, -0.05) is 0 Å². The van der Waals surface area contributed by atoms with Crippen LogP contribution < -0.4 is 4.74 Å². The quantitative estimate of drug-likeness (QED) is 0.684. The van der Waals surface area contributed by atoms with Crippen LogP contribution in [0.4, 0.5) is 0 Å². The van der Waals surface area contributed by atoms with Gasteiger partial charge in [0.2, 0.25) is 0 Å². The Labute approximate surface area is 159 Å². The summed E-state index contributed by atoms with van der Waals surface area (Å²) >= 11 is 1.63. The SMILES string of the molecule is CC(C)Oc1ccc2cc(C(=O)C[C@@H]3C4CCN(CC4)C34CC4)sc2c1. The first-order chi connectivity index (χ1) is 12.5. The van der Waals surface area contributed by atoms with E-state index in [2.05, 4.69) is 23.1 Å². The first kappa shape index (κ1) is 16.8. The van der Waals surface area contributed by atoms with Crippen molar-refractivity contribution in [3.63, 3.8) is 0 Å². The van der Waals surface area contributed by atoms with Crippen molar-refractivity contribution < 1.29 is 9.53 Å². The molecule has 4 fully saturated rings. The average molecular weight is 370 g/mol. The fourth-order valence-electron chi connectivity index (χ4n) is 5.39. The maximum absolute atomic E-state index is 13.1. The molecule has 3 saturated heterocycles. The van der Waals surface area contributed by atoms with Crippen LogP contribution in [0.2, 0.25) is 0 Å². The molecule has 1 aromatic heterocycles. The zero-order valence-corrected chi connectivity index (χ0v) is 16.5. The van der Waals surface area contributed by atoms with E-state index in [1.54, 1.807) is 11.3 Å². The number of ketones is 1. The van der Waals surface area contributed by atoms with Crippen molar-refractivity contribution in [2.24, 2.45) is 11.8 Å². The summed E-state index contributed by atoms with van der Waals surface area (Å²) in [4.78, 5) is 16.7. The summed E-state index contributed by atoms with van der Waals surface area (Å²) in [5, 5.41) is 1.16. The van der Waals surface area contributed by atoms with Gasteiger partial charge in [0, 0.05) is 16.7 Å². The van der Waals surface area contributed by atoms with Gasteiger partial charge in [-0.25, -0.2) is 0 Å². The van der Waals surface area contributed by atoms with Crippen LogP contribution in [-0.4, -0.2) is 35.4 Å². The number of rotatable bonds is 5. The van der Waals surface area contributed by atoms with Crippen molar-refractivity contribution in [1.82, 2.24) is 4.90 Å². The molecule has 3 nitrogen and oxygen atoms in total. The molecule has 6 rings (SSSR count). The van der Waals surface area contributed by atoms with E-state index < -0.39 is 0 Å². The zero-order valence-electron chi connectivity index (χ0n) is 15.7. The molecule has 1 saturated carbocycles. The molecule has 0 N–H and O–H groups in total. The molecular formula is C22H27NO2S. The predicted molar refractivity (Wildman–Crippen MR) is 106 cm³/mol. The predicted octanol–water partition coefficient (Wildman–Crippen LogP) is 5.14. The summed E-state index contributed by atoms with van der Waals surface area (Å²) in [6.07, 6.45) is 6.11. The maximum atomic E-state index is 13.1. The highest BCUT2D eigenvalue weighted by Crippen LogP contribution is 2.58. The number of hydrogen-bond donors (Lipinski definition) is 0. The number of nitrogens with zero attached hydrogens (tertiary/aromatic N) is 1. The van der Waals surface area contributed by atoms with Gasteiger partial charge in [0.05, 0.1) is 11.0 Å². The third-order valence-electron chi connectivity index (χ3n) is 6.73. The maximum Gasteiger partial charge on any atom is 0.173 e. The van der Waals surface area contributed by atoms with Crippen LogP contribution in [0.1, 0.15) is 55.6 Å². The number of carbonyl (C=O) groups excluding carboxylic acids is 1. The lowest BCUT2D eigenvalue weighted by molar-refractivity contribution is -0.0273. The van der Waals surface area contributed by atoms with Crippen LogP contribution >= 0.6 is 11.3 Å². The minimum atomic E-state index is 0.167. The van der Waals surface area contributed by atoms with Crippen molar-refractivity contribution in [3.05, 3.63) is 29.1 Å². The molecule has 1 spiro atoms. The molecule has 26 heavy (non-hydrogen) atoms. The Kier molecular flexibility index (Phi) is 3.91. The zero-order chi connectivity index (χ0) is 17.9. The van der Waals surface area contributed by atoms with Crippen molar-refractivity contribution in [2.45, 2.75) is 57.6 Å². The molecule has 2 bridgehead atoms. The Hall–Kier alpha value is -1.39. The summed E-state index contributed by atoms with van der Waals surface area (Å²) in [5.41, 5.74) is 0.395. The number of fused-ring (bicyclic) bond motifs is 3. The Bertz CT molecular complexity index is 843. The normalized spacial score (nSPS) is 28.8. The van der Waals surface area contributed by atoms with Gasteiger partial charge in [0.1, 0.15) is 5.75 Å². The molecule has 0 amide bonds. The van der Waals surface area contributed by atoms with E-state index in [9.17, 15) is 4.79 Å². The van der Waals surface area contributed by atoms with E-state index >= 15 is 0 Å². The third-order valence-corrected chi connectivity index (χ3v) is 7.87. The van der Waals surface area contributed by atoms with Crippen LogP contribution in [0.3, 0.4) is 0 Å². The summed E-state index contributed by atoms with van der Waals surface area (Å²) in [5.74, 6) is 2.60. The van der Waals surface area contributed by atoms with Gasteiger partial charge in [-0.3, -0.25) is 9.69 Å². The molecule has 4 heterocycles. The second kappa shape index (κ2) is 6.07. The second-order valence-electron chi connectivity index (χ2n) is 8.64. The first-order valence-corrected chi connectivity index (χ1v) is 10.9.